The average molecular weight is 349 g/mol. The number of aromatic nitrogens is 2. The summed E-state index contributed by atoms with van der Waals surface area (Å²) in [7, 11) is -3.28. The molecule has 0 aliphatic carbocycles. The molecule has 128 valence electrons. The Morgan fingerprint density at radius 2 is 1.83 bits per heavy atom. The van der Waals surface area contributed by atoms with Gasteiger partial charge in [-0.25, -0.2) is 13.1 Å². The topological polar surface area (TPSA) is 98.1 Å². The Morgan fingerprint density at radius 3 is 2.42 bits per heavy atom. The summed E-state index contributed by atoms with van der Waals surface area (Å²) in [6.07, 6.45) is 2.83. The van der Waals surface area contributed by atoms with Gasteiger partial charge in [-0.05, 0) is 36.8 Å². The van der Waals surface area contributed by atoms with Crippen LogP contribution in [0.2, 0.25) is 0 Å². The number of unbranched alkanes of at least 4 members (excludes halogenated alkanes) is 1. The minimum atomic E-state index is -3.28. The van der Waals surface area contributed by atoms with Crippen molar-refractivity contribution in [2.75, 3.05) is 11.6 Å². The van der Waals surface area contributed by atoms with Gasteiger partial charge < -0.3 is 5.32 Å². The lowest BCUT2D eigenvalue weighted by molar-refractivity contribution is 0.101. The van der Waals surface area contributed by atoms with Gasteiger partial charge in [0.05, 0.1) is 4.90 Å². The Hall–Kier alpha value is -2.48. The number of hydrogen-bond donors (Lipinski definition) is 1. The zero-order valence-corrected chi connectivity index (χ0v) is 14.3. The first-order valence-electron chi connectivity index (χ1n) is 7.51. The number of carbonyl (C=O) groups excluding carboxylic acids is 1. The minimum Gasteiger partial charge on any atom is -0.321 e. The van der Waals surface area contributed by atoms with Crippen LogP contribution in [0, 0.1) is 0 Å². The fourth-order valence-corrected chi connectivity index (χ4v) is 2.65. The zero-order chi connectivity index (χ0) is 17.7. The average Bonchev–Trinajstić information content (AvgIpc) is 2.53. The Kier molecular flexibility index (Phi) is 5.50. The molecule has 0 saturated heterocycles. The van der Waals surface area contributed by atoms with Crippen LogP contribution in [-0.2, 0) is 16.4 Å². The summed E-state index contributed by atoms with van der Waals surface area (Å²) in [6.45, 7) is 2.46. The quantitative estimate of drug-likeness (QED) is 0.856. The third-order valence-corrected chi connectivity index (χ3v) is 4.49. The molecule has 24 heavy (non-hydrogen) atoms. The number of sulfone groups is 1. The molecule has 1 aromatic carbocycles. The molecule has 0 radical (unpaired) electrons. The molecule has 0 fully saturated rings. The van der Waals surface area contributed by atoms with Crippen molar-refractivity contribution in [2.24, 2.45) is 0 Å². The largest absolute Gasteiger partial charge is 0.321 e. The van der Waals surface area contributed by atoms with Crippen LogP contribution in [0.5, 0.6) is 0 Å². The van der Waals surface area contributed by atoms with Crippen molar-refractivity contribution in [3.05, 3.63) is 52.4 Å². The van der Waals surface area contributed by atoms with Crippen LogP contribution >= 0.6 is 0 Å². The van der Waals surface area contributed by atoms with E-state index in [1.807, 2.05) is 6.92 Å². The fraction of sp³-hybridized carbons (Fsp3) is 0.312. The number of hydrogen-bond acceptors (Lipinski definition) is 5. The minimum absolute atomic E-state index is 0.123. The molecule has 2 aromatic rings. The molecule has 0 bridgehead atoms. The highest BCUT2D eigenvalue weighted by atomic mass is 32.2. The summed E-state index contributed by atoms with van der Waals surface area (Å²) < 4.78 is 24.1. The monoisotopic (exact) mass is 349 g/mol. The van der Waals surface area contributed by atoms with Crippen molar-refractivity contribution in [3.63, 3.8) is 0 Å². The van der Waals surface area contributed by atoms with Crippen LogP contribution < -0.4 is 10.9 Å². The van der Waals surface area contributed by atoms with Crippen molar-refractivity contribution in [1.82, 2.24) is 9.78 Å². The van der Waals surface area contributed by atoms with E-state index >= 15 is 0 Å². The Morgan fingerprint density at radius 1 is 1.17 bits per heavy atom. The van der Waals surface area contributed by atoms with Crippen LogP contribution in [0.3, 0.4) is 0 Å². The number of benzene rings is 1. The van der Waals surface area contributed by atoms with Crippen LogP contribution in [0.1, 0.15) is 30.3 Å². The second-order valence-corrected chi connectivity index (χ2v) is 7.40. The smallest absolute Gasteiger partial charge is 0.276 e. The van der Waals surface area contributed by atoms with Gasteiger partial charge in [0, 0.05) is 24.6 Å². The molecule has 8 heteroatoms. The number of carbonyl (C=O) groups is 1. The standard InChI is InChI=1S/C16H19N3O4S/c1-3-4-11-19-15(20)10-9-14(18-19)16(21)17-12-5-7-13(8-6-12)24(2,22)23/h5-10H,3-4,11H2,1-2H3,(H,17,21). The summed E-state index contributed by atoms with van der Waals surface area (Å²) in [6, 6.07) is 8.51. The third-order valence-electron chi connectivity index (χ3n) is 3.36. The maximum Gasteiger partial charge on any atom is 0.276 e. The summed E-state index contributed by atoms with van der Waals surface area (Å²) in [5.74, 6) is -0.465. The van der Waals surface area contributed by atoms with Gasteiger partial charge in [-0.2, -0.15) is 5.10 Å². The van der Waals surface area contributed by atoms with Gasteiger partial charge >= 0.3 is 0 Å². The number of aryl methyl sites for hydroxylation is 1. The molecule has 2 rings (SSSR count). The molecule has 1 N–H and O–H groups in total. The van der Waals surface area contributed by atoms with Crippen molar-refractivity contribution in [1.29, 1.82) is 0 Å². The lowest BCUT2D eigenvalue weighted by atomic mass is 10.3. The molecule has 7 nitrogen and oxygen atoms in total. The highest BCUT2D eigenvalue weighted by Gasteiger charge is 2.11. The van der Waals surface area contributed by atoms with E-state index in [0.29, 0.717) is 12.2 Å². The lowest BCUT2D eigenvalue weighted by Crippen LogP contribution is -2.26. The first-order chi connectivity index (χ1) is 11.3. The first-order valence-corrected chi connectivity index (χ1v) is 9.40. The molecule has 1 amide bonds. The summed E-state index contributed by atoms with van der Waals surface area (Å²) >= 11 is 0. The van der Waals surface area contributed by atoms with Gasteiger partial charge in [0.1, 0.15) is 5.69 Å². The molecular formula is C16H19N3O4S. The van der Waals surface area contributed by atoms with Gasteiger partial charge in [0.2, 0.25) is 0 Å². The number of rotatable bonds is 6. The maximum atomic E-state index is 12.2. The second-order valence-electron chi connectivity index (χ2n) is 5.38. The number of nitrogens with one attached hydrogen (secondary N) is 1. The van der Waals surface area contributed by atoms with Crippen molar-refractivity contribution < 1.29 is 13.2 Å². The SMILES string of the molecule is CCCCn1nc(C(=O)Nc2ccc(S(C)(=O)=O)cc2)ccc1=O. The molecular weight excluding hydrogens is 330 g/mol. The predicted octanol–water partition coefficient (Wildman–Crippen LogP) is 1.70. The summed E-state index contributed by atoms with van der Waals surface area (Å²) in [4.78, 5) is 24.1. The maximum absolute atomic E-state index is 12.2. The van der Waals surface area contributed by atoms with Gasteiger partial charge in [-0.1, -0.05) is 13.3 Å². The van der Waals surface area contributed by atoms with Crippen LogP contribution in [0.4, 0.5) is 5.69 Å². The summed E-state index contributed by atoms with van der Waals surface area (Å²) in [5.41, 5.74) is 0.316. The van der Waals surface area contributed by atoms with Crippen LogP contribution in [-0.4, -0.2) is 30.4 Å². The Bertz CT molecular complexity index is 886. The van der Waals surface area contributed by atoms with E-state index in [9.17, 15) is 18.0 Å². The highest BCUT2D eigenvalue weighted by molar-refractivity contribution is 7.90. The first kappa shape index (κ1) is 17.9. The molecule has 0 spiro atoms. The number of amides is 1. The van der Waals surface area contributed by atoms with E-state index < -0.39 is 15.7 Å². The van der Waals surface area contributed by atoms with E-state index in [-0.39, 0.29) is 16.1 Å². The molecule has 0 atom stereocenters. The van der Waals surface area contributed by atoms with Gasteiger partial charge in [0.25, 0.3) is 11.5 Å². The normalized spacial score (nSPS) is 11.2. The summed E-state index contributed by atoms with van der Waals surface area (Å²) in [5, 5.41) is 6.69. The Balaban J connectivity index is 2.16. The van der Waals surface area contributed by atoms with E-state index in [1.54, 1.807) is 0 Å². The second kappa shape index (κ2) is 7.39. The predicted molar refractivity (Wildman–Crippen MR) is 90.9 cm³/mol. The van der Waals surface area contributed by atoms with E-state index in [2.05, 4.69) is 10.4 Å². The third kappa shape index (κ3) is 4.51. The highest BCUT2D eigenvalue weighted by Crippen LogP contribution is 2.14. The zero-order valence-electron chi connectivity index (χ0n) is 13.5. The van der Waals surface area contributed by atoms with Crippen LogP contribution in [0.25, 0.3) is 0 Å². The molecule has 0 saturated carbocycles. The molecule has 0 unspecified atom stereocenters. The van der Waals surface area contributed by atoms with Crippen LogP contribution in [0.15, 0.2) is 46.1 Å². The van der Waals surface area contributed by atoms with Gasteiger partial charge in [-0.15, -0.1) is 0 Å². The van der Waals surface area contributed by atoms with Gasteiger partial charge in [0.15, 0.2) is 9.84 Å². The molecule has 1 aromatic heterocycles. The van der Waals surface area contributed by atoms with E-state index in [1.165, 1.54) is 41.1 Å². The van der Waals surface area contributed by atoms with Gasteiger partial charge in [-0.3, -0.25) is 9.59 Å². The van der Waals surface area contributed by atoms with Crippen molar-refractivity contribution >= 4 is 21.4 Å². The molecule has 0 aliphatic heterocycles. The molecule has 1 heterocycles. The van der Waals surface area contributed by atoms with E-state index in [4.69, 9.17) is 0 Å². The fourth-order valence-electron chi connectivity index (χ4n) is 2.02. The van der Waals surface area contributed by atoms with Crippen molar-refractivity contribution in [3.8, 4) is 0 Å². The Labute approximate surface area is 140 Å². The molecule has 0 aliphatic rings. The van der Waals surface area contributed by atoms with E-state index in [0.717, 1.165) is 19.1 Å². The number of anilines is 1. The number of nitrogens with zero attached hydrogens (tertiary/aromatic N) is 2. The lowest BCUT2D eigenvalue weighted by Gasteiger charge is -2.08. The van der Waals surface area contributed by atoms with Crippen molar-refractivity contribution in [2.45, 2.75) is 31.2 Å².